The van der Waals surface area contributed by atoms with Gasteiger partial charge in [0.15, 0.2) is 0 Å². The van der Waals surface area contributed by atoms with E-state index in [1.807, 2.05) is 12.1 Å². The summed E-state index contributed by atoms with van der Waals surface area (Å²) in [5.74, 6) is 0.654. The third-order valence-corrected chi connectivity index (χ3v) is 4.73. The van der Waals surface area contributed by atoms with Crippen molar-refractivity contribution in [1.82, 2.24) is 5.32 Å². The highest BCUT2D eigenvalue weighted by atomic mass is 35.5. The zero-order valence-corrected chi connectivity index (χ0v) is 13.2. The van der Waals surface area contributed by atoms with Gasteiger partial charge in [0.25, 0.3) is 0 Å². The minimum Gasteiger partial charge on any atom is -0.310 e. The lowest BCUT2D eigenvalue weighted by Crippen LogP contribution is -2.33. The van der Waals surface area contributed by atoms with Crippen LogP contribution in [0.2, 0.25) is 5.02 Å². The highest BCUT2D eigenvalue weighted by Crippen LogP contribution is 2.36. The van der Waals surface area contributed by atoms with Crippen molar-refractivity contribution >= 4 is 11.6 Å². The van der Waals surface area contributed by atoms with Crippen LogP contribution in [0.1, 0.15) is 36.1 Å². The molecule has 0 saturated heterocycles. The topological polar surface area (TPSA) is 12.0 Å². The molecule has 1 N–H and O–H groups in total. The highest BCUT2D eigenvalue weighted by molar-refractivity contribution is 6.30. The van der Waals surface area contributed by atoms with Gasteiger partial charge in [0, 0.05) is 11.1 Å². The van der Waals surface area contributed by atoms with Gasteiger partial charge in [-0.3, -0.25) is 0 Å². The standard InChI is InChI=1S/C19H22ClN/c1-2-21-19-16(13-14-7-11-17(20)12-8-14)10-9-15-5-3-4-6-18(15)19/h3-8,11-12,16,19,21H,2,9-10,13H2,1H3. The van der Waals surface area contributed by atoms with E-state index in [1.165, 1.54) is 29.5 Å². The molecule has 2 aromatic carbocycles. The monoisotopic (exact) mass is 299 g/mol. The molecule has 0 radical (unpaired) electrons. The smallest absolute Gasteiger partial charge is 0.0406 e. The van der Waals surface area contributed by atoms with Gasteiger partial charge in [0.2, 0.25) is 0 Å². The Balaban J connectivity index is 1.83. The number of aryl methyl sites for hydroxylation is 1. The summed E-state index contributed by atoms with van der Waals surface area (Å²) in [6, 6.07) is 17.7. The average Bonchev–Trinajstić information content (AvgIpc) is 2.52. The van der Waals surface area contributed by atoms with Crippen LogP contribution in [-0.2, 0) is 12.8 Å². The van der Waals surface area contributed by atoms with Crippen LogP contribution in [0.5, 0.6) is 0 Å². The van der Waals surface area contributed by atoms with E-state index < -0.39 is 0 Å². The predicted molar refractivity (Wildman–Crippen MR) is 89.8 cm³/mol. The van der Waals surface area contributed by atoms with E-state index >= 15 is 0 Å². The first-order valence-corrected chi connectivity index (χ1v) is 8.21. The molecule has 1 aliphatic carbocycles. The summed E-state index contributed by atoms with van der Waals surface area (Å²) in [6.45, 7) is 3.20. The molecule has 0 fully saturated rings. The largest absolute Gasteiger partial charge is 0.310 e. The van der Waals surface area contributed by atoms with Gasteiger partial charge in [-0.25, -0.2) is 0 Å². The normalized spacial score (nSPS) is 21.0. The third-order valence-electron chi connectivity index (χ3n) is 4.48. The van der Waals surface area contributed by atoms with E-state index in [1.54, 1.807) is 0 Å². The van der Waals surface area contributed by atoms with Crippen molar-refractivity contribution in [3.8, 4) is 0 Å². The van der Waals surface area contributed by atoms with Crippen molar-refractivity contribution in [3.05, 3.63) is 70.2 Å². The summed E-state index contributed by atoms with van der Waals surface area (Å²) >= 11 is 5.99. The Labute approximate surface area is 132 Å². The molecule has 2 aromatic rings. The predicted octanol–water partition coefficient (Wildman–Crippen LogP) is 4.80. The number of rotatable bonds is 4. The highest BCUT2D eigenvalue weighted by Gasteiger charge is 2.28. The molecule has 2 unspecified atom stereocenters. The molecule has 1 nitrogen and oxygen atoms in total. The molecule has 110 valence electrons. The fraction of sp³-hybridized carbons (Fsp3) is 0.368. The number of hydrogen-bond acceptors (Lipinski definition) is 1. The first-order chi connectivity index (χ1) is 10.3. The Morgan fingerprint density at radius 2 is 1.86 bits per heavy atom. The quantitative estimate of drug-likeness (QED) is 0.855. The van der Waals surface area contributed by atoms with Gasteiger partial charge in [0.05, 0.1) is 0 Å². The van der Waals surface area contributed by atoms with E-state index in [9.17, 15) is 0 Å². The molecule has 21 heavy (non-hydrogen) atoms. The Morgan fingerprint density at radius 3 is 2.62 bits per heavy atom. The number of hydrogen-bond donors (Lipinski definition) is 1. The molecule has 0 aromatic heterocycles. The second-order valence-electron chi connectivity index (χ2n) is 5.86. The molecule has 0 heterocycles. The van der Waals surface area contributed by atoms with Gasteiger partial charge >= 0.3 is 0 Å². The minimum absolute atomic E-state index is 0.468. The number of halogens is 1. The molecule has 2 atom stereocenters. The Kier molecular flexibility index (Phi) is 4.62. The van der Waals surface area contributed by atoms with Crippen LogP contribution in [0.3, 0.4) is 0 Å². The van der Waals surface area contributed by atoms with Crippen LogP contribution in [0.15, 0.2) is 48.5 Å². The summed E-state index contributed by atoms with van der Waals surface area (Å²) in [5.41, 5.74) is 4.38. The van der Waals surface area contributed by atoms with Crippen LogP contribution >= 0.6 is 11.6 Å². The van der Waals surface area contributed by atoms with Crippen LogP contribution in [0, 0.1) is 5.92 Å². The Bertz CT molecular complexity index is 591. The summed E-state index contributed by atoms with van der Waals surface area (Å²) in [7, 11) is 0. The zero-order chi connectivity index (χ0) is 14.7. The Morgan fingerprint density at radius 1 is 1.10 bits per heavy atom. The number of benzene rings is 2. The molecule has 0 saturated carbocycles. The van der Waals surface area contributed by atoms with E-state index in [-0.39, 0.29) is 0 Å². The molecule has 0 spiro atoms. The Hall–Kier alpha value is -1.31. The first kappa shape index (κ1) is 14.6. The molecule has 3 rings (SSSR count). The lowest BCUT2D eigenvalue weighted by atomic mass is 9.77. The van der Waals surface area contributed by atoms with Gasteiger partial charge in [0.1, 0.15) is 0 Å². The van der Waals surface area contributed by atoms with Crippen LogP contribution in [-0.4, -0.2) is 6.54 Å². The van der Waals surface area contributed by atoms with Crippen molar-refractivity contribution in [2.24, 2.45) is 5.92 Å². The fourth-order valence-electron chi connectivity index (χ4n) is 3.47. The van der Waals surface area contributed by atoms with Gasteiger partial charge < -0.3 is 5.32 Å². The van der Waals surface area contributed by atoms with Gasteiger partial charge in [-0.1, -0.05) is 54.9 Å². The van der Waals surface area contributed by atoms with Crippen LogP contribution < -0.4 is 5.32 Å². The van der Waals surface area contributed by atoms with Gasteiger partial charge in [-0.15, -0.1) is 0 Å². The first-order valence-electron chi connectivity index (χ1n) is 7.83. The maximum Gasteiger partial charge on any atom is 0.0406 e. The van der Waals surface area contributed by atoms with Crippen LogP contribution in [0.25, 0.3) is 0 Å². The van der Waals surface area contributed by atoms with Crippen LogP contribution in [0.4, 0.5) is 0 Å². The average molecular weight is 300 g/mol. The molecule has 0 amide bonds. The third kappa shape index (κ3) is 3.30. The fourth-order valence-corrected chi connectivity index (χ4v) is 3.59. The van der Waals surface area contributed by atoms with E-state index in [0.29, 0.717) is 12.0 Å². The molecular weight excluding hydrogens is 278 g/mol. The summed E-state index contributed by atoms with van der Waals surface area (Å²) in [6.07, 6.45) is 3.55. The summed E-state index contributed by atoms with van der Waals surface area (Å²) < 4.78 is 0. The molecule has 2 heteroatoms. The second kappa shape index (κ2) is 6.64. The van der Waals surface area contributed by atoms with E-state index in [2.05, 4.69) is 48.6 Å². The van der Waals surface area contributed by atoms with Crippen molar-refractivity contribution in [1.29, 1.82) is 0 Å². The van der Waals surface area contributed by atoms with E-state index in [4.69, 9.17) is 11.6 Å². The maximum atomic E-state index is 5.99. The van der Waals surface area contributed by atoms with Crippen molar-refractivity contribution in [2.75, 3.05) is 6.54 Å². The molecular formula is C19H22ClN. The van der Waals surface area contributed by atoms with Gasteiger partial charge in [-0.2, -0.15) is 0 Å². The molecule has 0 bridgehead atoms. The lowest BCUT2D eigenvalue weighted by molar-refractivity contribution is 0.323. The summed E-state index contributed by atoms with van der Waals surface area (Å²) in [5, 5.41) is 4.51. The SMILES string of the molecule is CCNC1c2ccccc2CCC1Cc1ccc(Cl)cc1. The second-order valence-corrected chi connectivity index (χ2v) is 6.30. The number of fused-ring (bicyclic) bond motifs is 1. The van der Waals surface area contributed by atoms with Gasteiger partial charge in [-0.05, 0) is 60.5 Å². The van der Waals surface area contributed by atoms with E-state index in [0.717, 1.165) is 18.0 Å². The van der Waals surface area contributed by atoms with Crippen molar-refractivity contribution in [2.45, 2.75) is 32.2 Å². The van der Waals surface area contributed by atoms with Crippen molar-refractivity contribution in [3.63, 3.8) is 0 Å². The zero-order valence-electron chi connectivity index (χ0n) is 12.5. The summed E-state index contributed by atoms with van der Waals surface area (Å²) in [4.78, 5) is 0. The minimum atomic E-state index is 0.468. The number of nitrogens with one attached hydrogen (secondary N) is 1. The van der Waals surface area contributed by atoms with Crippen molar-refractivity contribution < 1.29 is 0 Å². The molecule has 0 aliphatic heterocycles. The lowest BCUT2D eigenvalue weighted by Gasteiger charge is -2.34. The maximum absolute atomic E-state index is 5.99. The molecule has 1 aliphatic rings.